The molecule has 0 aromatic carbocycles. The highest BCUT2D eigenvalue weighted by atomic mass is 14.7. The molecule has 0 atom stereocenters. The summed E-state index contributed by atoms with van der Waals surface area (Å²) >= 11 is 0. The highest BCUT2D eigenvalue weighted by Gasteiger charge is 1.65. The van der Waals surface area contributed by atoms with Gasteiger partial charge in [-0.2, -0.15) is 0 Å². The van der Waals surface area contributed by atoms with Gasteiger partial charge in [-0.1, -0.05) is 12.7 Å². The largest absolute Gasteiger partial charge is 0.329 e. The van der Waals surface area contributed by atoms with Crippen LogP contribution < -0.4 is 5.73 Å². The quantitative estimate of drug-likeness (QED) is 0.503. The number of nitrogens with zero attached hydrogens (tertiary/aromatic N) is 1. The third-order valence-corrected chi connectivity index (χ3v) is 0.469. The molecule has 0 unspecified atom stereocenters. The van der Waals surface area contributed by atoms with E-state index in [9.17, 15) is 0 Å². The first-order valence-electron chi connectivity index (χ1n) is 2.22. The SMILES string of the molecule is C=CC=NCCN. The van der Waals surface area contributed by atoms with Gasteiger partial charge in [-0.05, 0) is 0 Å². The minimum absolute atomic E-state index is 0.615. The van der Waals surface area contributed by atoms with Crippen LogP contribution >= 0.6 is 0 Å². The van der Waals surface area contributed by atoms with Crippen molar-refractivity contribution in [1.29, 1.82) is 0 Å². The van der Waals surface area contributed by atoms with Crippen molar-refractivity contribution in [2.75, 3.05) is 13.1 Å². The van der Waals surface area contributed by atoms with Crippen LogP contribution in [0.4, 0.5) is 0 Å². The van der Waals surface area contributed by atoms with Crippen molar-refractivity contribution in [1.82, 2.24) is 0 Å². The zero-order chi connectivity index (χ0) is 5.54. The Labute approximate surface area is 43.7 Å². The van der Waals surface area contributed by atoms with Gasteiger partial charge in [0, 0.05) is 12.8 Å². The highest BCUT2D eigenvalue weighted by molar-refractivity contribution is 5.69. The summed E-state index contributed by atoms with van der Waals surface area (Å²) in [6.45, 7) is 4.76. The fourth-order valence-electron chi connectivity index (χ4n) is 0.224. The molecule has 0 radical (unpaired) electrons. The second kappa shape index (κ2) is 5.37. The van der Waals surface area contributed by atoms with Crippen LogP contribution in [0.25, 0.3) is 0 Å². The van der Waals surface area contributed by atoms with Crippen LogP contribution in [0, 0.1) is 0 Å². The maximum Gasteiger partial charge on any atom is 0.0511 e. The van der Waals surface area contributed by atoms with Gasteiger partial charge in [0.1, 0.15) is 0 Å². The maximum absolute atomic E-state index is 5.12. The van der Waals surface area contributed by atoms with E-state index in [1.807, 2.05) is 0 Å². The van der Waals surface area contributed by atoms with E-state index in [-0.39, 0.29) is 0 Å². The molecule has 0 aliphatic carbocycles. The first kappa shape index (κ1) is 6.37. The zero-order valence-electron chi connectivity index (χ0n) is 4.30. The van der Waals surface area contributed by atoms with Crippen LogP contribution in [0.2, 0.25) is 0 Å². The molecule has 0 fully saturated rings. The number of hydrogen-bond donors (Lipinski definition) is 1. The van der Waals surface area contributed by atoms with E-state index < -0.39 is 0 Å². The Hall–Kier alpha value is -0.630. The van der Waals surface area contributed by atoms with E-state index in [0.717, 1.165) is 0 Å². The van der Waals surface area contributed by atoms with Gasteiger partial charge >= 0.3 is 0 Å². The number of nitrogens with two attached hydrogens (primary N) is 1. The number of aliphatic imine (C=N–C) groups is 1. The molecule has 0 rings (SSSR count). The standard InChI is InChI=1S/C5H10N2/c1-2-4-7-5-3-6/h2,4H,1,3,5-6H2. The van der Waals surface area contributed by atoms with Crippen molar-refractivity contribution in [3.63, 3.8) is 0 Å². The summed E-state index contributed by atoms with van der Waals surface area (Å²) in [6, 6.07) is 0. The molecular formula is C5H10N2. The molecule has 7 heavy (non-hydrogen) atoms. The van der Waals surface area contributed by atoms with Gasteiger partial charge in [-0.15, -0.1) is 0 Å². The summed E-state index contributed by atoms with van der Waals surface area (Å²) in [4.78, 5) is 3.84. The van der Waals surface area contributed by atoms with Gasteiger partial charge in [0.05, 0.1) is 6.54 Å². The summed E-state index contributed by atoms with van der Waals surface area (Å²) in [7, 11) is 0. The predicted molar refractivity (Wildman–Crippen MR) is 32.6 cm³/mol. The first-order chi connectivity index (χ1) is 3.41. The number of hydrogen-bond acceptors (Lipinski definition) is 2. The monoisotopic (exact) mass is 98.1 g/mol. The normalized spacial score (nSPS) is 9.86. The van der Waals surface area contributed by atoms with Gasteiger partial charge in [-0.25, -0.2) is 0 Å². The van der Waals surface area contributed by atoms with E-state index >= 15 is 0 Å². The van der Waals surface area contributed by atoms with Crippen LogP contribution in [-0.2, 0) is 0 Å². The zero-order valence-corrected chi connectivity index (χ0v) is 4.30. The topological polar surface area (TPSA) is 38.4 Å². The molecule has 2 nitrogen and oxygen atoms in total. The van der Waals surface area contributed by atoms with Crippen LogP contribution in [0.1, 0.15) is 0 Å². The molecule has 40 valence electrons. The average molecular weight is 98.1 g/mol. The highest BCUT2D eigenvalue weighted by Crippen LogP contribution is 1.61. The lowest BCUT2D eigenvalue weighted by Gasteiger charge is -1.79. The van der Waals surface area contributed by atoms with Crippen molar-refractivity contribution in [2.24, 2.45) is 10.7 Å². The Morgan fingerprint density at radius 2 is 2.43 bits per heavy atom. The van der Waals surface area contributed by atoms with Crippen LogP contribution in [-0.4, -0.2) is 19.3 Å². The summed E-state index contributed by atoms with van der Waals surface area (Å²) < 4.78 is 0. The van der Waals surface area contributed by atoms with Crippen molar-refractivity contribution >= 4 is 6.21 Å². The van der Waals surface area contributed by atoms with Crippen LogP contribution in [0.3, 0.4) is 0 Å². The minimum atomic E-state index is 0.615. The van der Waals surface area contributed by atoms with E-state index in [0.29, 0.717) is 13.1 Å². The molecular weight excluding hydrogens is 88.1 g/mol. The van der Waals surface area contributed by atoms with Crippen LogP contribution in [0.15, 0.2) is 17.6 Å². The molecule has 0 aromatic rings. The molecule has 0 heterocycles. The lowest BCUT2D eigenvalue weighted by Crippen LogP contribution is -2.01. The smallest absolute Gasteiger partial charge is 0.0511 e. The average Bonchev–Trinajstić information content (AvgIpc) is 1.69. The molecule has 0 aliphatic rings. The van der Waals surface area contributed by atoms with Gasteiger partial charge in [-0.3, -0.25) is 4.99 Å². The minimum Gasteiger partial charge on any atom is -0.329 e. The fraction of sp³-hybridized carbons (Fsp3) is 0.400. The molecule has 2 N–H and O–H groups in total. The van der Waals surface area contributed by atoms with E-state index in [4.69, 9.17) is 5.73 Å². The lowest BCUT2D eigenvalue weighted by atomic mass is 10.6. The van der Waals surface area contributed by atoms with E-state index in [1.165, 1.54) is 0 Å². The van der Waals surface area contributed by atoms with Gasteiger partial charge in [0.25, 0.3) is 0 Å². The van der Waals surface area contributed by atoms with Crippen molar-refractivity contribution in [2.45, 2.75) is 0 Å². The third-order valence-electron chi connectivity index (χ3n) is 0.469. The Morgan fingerprint density at radius 1 is 1.71 bits per heavy atom. The van der Waals surface area contributed by atoms with E-state index in [1.54, 1.807) is 12.3 Å². The van der Waals surface area contributed by atoms with Gasteiger partial charge < -0.3 is 5.73 Å². The molecule has 0 aliphatic heterocycles. The van der Waals surface area contributed by atoms with Crippen molar-refractivity contribution < 1.29 is 0 Å². The molecule has 2 heteroatoms. The number of allylic oxidation sites excluding steroid dienone is 1. The summed E-state index contributed by atoms with van der Waals surface area (Å²) in [6.07, 6.45) is 3.28. The third kappa shape index (κ3) is 5.37. The Kier molecular flexibility index (Phi) is 4.89. The maximum atomic E-state index is 5.12. The Balaban J connectivity index is 2.92. The second-order valence-corrected chi connectivity index (χ2v) is 1.08. The molecule has 0 saturated carbocycles. The van der Waals surface area contributed by atoms with Crippen LogP contribution in [0.5, 0.6) is 0 Å². The molecule has 0 saturated heterocycles. The second-order valence-electron chi connectivity index (χ2n) is 1.08. The molecule has 0 spiro atoms. The van der Waals surface area contributed by atoms with E-state index in [2.05, 4.69) is 11.6 Å². The molecule has 0 bridgehead atoms. The van der Waals surface area contributed by atoms with Crippen molar-refractivity contribution in [3.8, 4) is 0 Å². The predicted octanol–water partition coefficient (Wildman–Crippen LogP) is 0.202. The summed E-state index contributed by atoms with van der Waals surface area (Å²) in [5.74, 6) is 0. The molecule has 0 amide bonds. The van der Waals surface area contributed by atoms with Gasteiger partial charge in [0.15, 0.2) is 0 Å². The summed E-state index contributed by atoms with van der Waals surface area (Å²) in [5, 5.41) is 0. The first-order valence-corrected chi connectivity index (χ1v) is 2.22. The van der Waals surface area contributed by atoms with Crippen molar-refractivity contribution in [3.05, 3.63) is 12.7 Å². The fourth-order valence-corrected chi connectivity index (χ4v) is 0.224. The number of rotatable bonds is 3. The van der Waals surface area contributed by atoms with Gasteiger partial charge in [0.2, 0.25) is 0 Å². The Bertz CT molecular complexity index is 66.5. The Morgan fingerprint density at radius 3 is 2.86 bits per heavy atom. The lowest BCUT2D eigenvalue weighted by molar-refractivity contribution is 0.981. The summed E-state index contributed by atoms with van der Waals surface area (Å²) in [5.41, 5.74) is 5.12. The molecule has 0 aromatic heterocycles.